The van der Waals surface area contributed by atoms with Crippen molar-refractivity contribution in [2.45, 2.75) is 77.6 Å². The zero-order chi connectivity index (χ0) is 21.6. The van der Waals surface area contributed by atoms with E-state index in [0.29, 0.717) is 37.9 Å². The van der Waals surface area contributed by atoms with Crippen molar-refractivity contribution < 1.29 is 19.1 Å². The molecule has 0 unspecified atom stereocenters. The van der Waals surface area contributed by atoms with Gasteiger partial charge >= 0.3 is 11.9 Å². The van der Waals surface area contributed by atoms with Crippen molar-refractivity contribution in [1.82, 2.24) is 9.80 Å². The van der Waals surface area contributed by atoms with Crippen LogP contribution in [0.25, 0.3) is 0 Å². The van der Waals surface area contributed by atoms with E-state index in [2.05, 4.69) is 16.8 Å². The molecule has 0 atom stereocenters. The summed E-state index contributed by atoms with van der Waals surface area (Å²) in [5.41, 5.74) is 0. The van der Waals surface area contributed by atoms with Gasteiger partial charge < -0.3 is 19.3 Å². The molecule has 2 fully saturated rings. The van der Waals surface area contributed by atoms with Crippen LogP contribution in [0, 0.1) is 11.8 Å². The summed E-state index contributed by atoms with van der Waals surface area (Å²) >= 11 is 0. The Kier molecular flexibility index (Phi) is 12.4. The lowest BCUT2D eigenvalue weighted by molar-refractivity contribution is -0.147. The summed E-state index contributed by atoms with van der Waals surface area (Å²) < 4.78 is 10.9. The minimum Gasteiger partial charge on any atom is -0.465 e. The largest absolute Gasteiger partial charge is 0.465 e. The third-order valence-electron chi connectivity index (χ3n) is 6.54. The highest BCUT2D eigenvalue weighted by Crippen LogP contribution is 2.29. The van der Waals surface area contributed by atoms with E-state index in [0.717, 1.165) is 45.2 Å². The van der Waals surface area contributed by atoms with Gasteiger partial charge in [0.1, 0.15) is 0 Å². The van der Waals surface area contributed by atoms with Crippen molar-refractivity contribution in [1.29, 1.82) is 0 Å². The van der Waals surface area contributed by atoms with Crippen LogP contribution in [0.5, 0.6) is 0 Å². The summed E-state index contributed by atoms with van der Waals surface area (Å²) in [4.78, 5) is 28.4. The molecule has 0 radical (unpaired) electrons. The number of piperidine rings is 1. The topological polar surface area (TPSA) is 59.1 Å². The molecule has 1 aliphatic heterocycles. The molecule has 1 saturated carbocycles. The first kappa shape index (κ1) is 25.1. The normalized spacial score (nSPS) is 22.8. The van der Waals surface area contributed by atoms with Crippen LogP contribution < -0.4 is 0 Å². The van der Waals surface area contributed by atoms with Crippen LogP contribution in [0.3, 0.4) is 0 Å². The van der Waals surface area contributed by atoms with Crippen molar-refractivity contribution in [2.24, 2.45) is 11.8 Å². The quantitative estimate of drug-likeness (QED) is 0.418. The summed E-state index contributed by atoms with van der Waals surface area (Å²) in [6.45, 7) is 8.57. The Hall–Kier alpha value is -1.14. The van der Waals surface area contributed by atoms with E-state index in [1.165, 1.54) is 45.3 Å². The first-order chi connectivity index (χ1) is 14.6. The Bertz CT molecular complexity index is 486. The molecule has 6 nitrogen and oxygen atoms in total. The summed E-state index contributed by atoms with van der Waals surface area (Å²) in [5.74, 6) is 0.772. The van der Waals surface area contributed by atoms with Gasteiger partial charge in [-0.2, -0.15) is 0 Å². The van der Waals surface area contributed by atoms with Gasteiger partial charge in [-0.3, -0.25) is 9.59 Å². The molecule has 0 aromatic rings. The summed E-state index contributed by atoms with van der Waals surface area (Å²) in [6, 6.07) is 0. The molecule has 1 heterocycles. The highest BCUT2D eigenvalue weighted by molar-refractivity contribution is 5.69. The summed E-state index contributed by atoms with van der Waals surface area (Å²) in [5, 5.41) is 0. The second kappa shape index (κ2) is 14.8. The van der Waals surface area contributed by atoms with E-state index in [-0.39, 0.29) is 11.9 Å². The van der Waals surface area contributed by atoms with Crippen LogP contribution in [0.2, 0.25) is 0 Å². The maximum atomic E-state index is 12.1. The highest BCUT2D eigenvalue weighted by Gasteiger charge is 2.23. The average Bonchev–Trinajstić information content (AvgIpc) is 2.76. The minimum atomic E-state index is -0.0787. The lowest BCUT2D eigenvalue weighted by Crippen LogP contribution is -2.33. The number of ether oxygens (including phenoxy) is 2. The molecule has 30 heavy (non-hydrogen) atoms. The molecule has 174 valence electrons. The first-order valence-electron chi connectivity index (χ1n) is 12.3. The zero-order valence-corrected chi connectivity index (χ0v) is 19.4. The van der Waals surface area contributed by atoms with E-state index in [9.17, 15) is 9.59 Å². The Morgan fingerprint density at radius 2 is 1.43 bits per heavy atom. The van der Waals surface area contributed by atoms with Crippen LogP contribution in [0.4, 0.5) is 0 Å². The van der Waals surface area contributed by atoms with Gasteiger partial charge in [0.25, 0.3) is 0 Å². The first-order valence-corrected chi connectivity index (χ1v) is 12.3. The smallest absolute Gasteiger partial charge is 0.307 e. The Morgan fingerprint density at radius 3 is 2.00 bits per heavy atom. The number of likely N-dealkylation sites (tertiary alicyclic amines) is 1. The minimum absolute atomic E-state index is 0.0755. The molecule has 0 amide bonds. The fourth-order valence-corrected chi connectivity index (χ4v) is 4.48. The van der Waals surface area contributed by atoms with Crippen molar-refractivity contribution in [3.8, 4) is 0 Å². The number of rotatable bonds is 13. The van der Waals surface area contributed by atoms with Crippen molar-refractivity contribution >= 4 is 11.9 Å². The SMILES string of the molecule is CCCC(=O)OCC1CCC(COC(=O)CCN(C)CCCN2CCCCC2)CC1. The number of carbonyl (C=O) groups excluding carboxylic acids is 2. The molecular formula is C24H44N2O4. The van der Waals surface area contributed by atoms with E-state index < -0.39 is 0 Å². The molecule has 0 aromatic carbocycles. The number of hydrogen-bond acceptors (Lipinski definition) is 6. The average molecular weight is 425 g/mol. The predicted molar refractivity (Wildman–Crippen MR) is 119 cm³/mol. The van der Waals surface area contributed by atoms with Gasteiger partial charge in [0.05, 0.1) is 19.6 Å². The number of esters is 2. The molecule has 0 aromatic heterocycles. The molecule has 1 saturated heterocycles. The highest BCUT2D eigenvalue weighted by atomic mass is 16.5. The summed E-state index contributed by atoms with van der Waals surface area (Å²) in [7, 11) is 2.10. The molecule has 0 N–H and O–H groups in total. The van der Waals surface area contributed by atoms with Crippen LogP contribution in [-0.2, 0) is 19.1 Å². The summed E-state index contributed by atoms with van der Waals surface area (Å²) in [6.07, 6.45) is 11.3. The molecule has 0 spiro atoms. The predicted octanol–water partition coefficient (Wildman–Crippen LogP) is 3.88. The van der Waals surface area contributed by atoms with Crippen LogP contribution in [-0.4, -0.2) is 74.7 Å². The molecule has 1 aliphatic carbocycles. The second-order valence-electron chi connectivity index (χ2n) is 9.31. The number of carbonyl (C=O) groups is 2. The molecule has 2 aliphatic rings. The Labute approximate surface area is 183 Å². The lowest BCUT2D eigenvalue weighted by atomic mass is 9.83. The Balaban J connectivity index is 1.46. The Morgan fingerprint density at radius 1 is 0.867 bits per heavy atom. The van der Waals surface area contributed by atoms with Gasteiger partial charge in [0, 0.05) is 13.0 Å². The monoisotopic (exact) mass is 424 g/mol. The van der Waals surface area contributed by atoms with E-state index in [4.69, 9.17) is 9.47 Å². The third-order valence-corrected chi connectivity index (χ3v) is 6.54. The maximum absolute atomic E-state index is 12.1. The molecule has 2 rings (SSSR count). The van der Waals surface area contributed by atoms with Crippen molar-refractivity contribution in [3.63, 3.8) is 0 Å². The van der Waals surface area contributed by atoms with E-state index in [1.54, 1.807) is 0 Å². The van der Waals surface area contributed by atoms with Crippen LogP contribution >= 0.6 is 0 Å². The lowest BCUT2D eigenvalue weighted by Gasteiger charge is -2.28. The maximum Gasteiger partial charge on any atom is 0.307 e. The third kappa shape index (κ3) is 10.8. The van der Waals surface area contributed by atoms with Crippen LogP contribution in [0.15, 0.2) is 0 Å². The van der Waals surface area contributed by atoms with Crippen molar-refractivity contribution in [2.75, 3.05) is 53.0 Å². The number of hydrogen-bond donors (Lipinski definition) is 0. The standard InChI is InChI=1S/C24H44N2O4/c1-3-8-23(27)29-19-21-9-11-22(12-10-21)20-30-24(28)13-18-25(2)14-7-17-26-15-5-4-6-16-26/h21-22H,3-20H2,1-2H3. The van der Waals surface area contributed by atoms with Crippen LogP contribution in [0.1, 0.15) is 77.6 Å². The van der Waals surface area contributed by atoms with Gasteiger partial charge in [-0.05, 0) is 96.4 Å². The van der Waals surface area contributed by atoms with Gasteiger partial charge in [-0.25, -0.2) is 0 Å². The zero-order valence-electron chi connectivity index (χ0n) is 19.4. The second-order valence-corrected chi connectivity index (χ2v) is 9.31. The van der Waals surface area contributed by atoms with Gasteiger partial charge in [0.2, 0.25) is 0 Å². The fraction of sp³-hybridized carbons (Fsp3) is 0.917. The molecular weight excluding hydrogens is 380 g/mol. The molecule has 6 heteroatoms. The van der Waals surface area contributed by atoms with E-state index >= 15 is 0 Å². The van der Waals surface area contributed by atoms with Crippen molar-refractivity contribution in [3.05, 3.63) is 0 Å². The van der Waals surface area contributed by atoms with E-state index in [1.807, 2.05) is 6.92 Å². The van der Waals surface area contributed by atoms with Gasteiger partial charge in [0.15, 0.2) is 0 Å². The van der Waals surface area contributed by atoms with Gasteiger partial charge in [-0.1, -0.05) is 13.3 Å². The number of nitrogens with zero attached hydrogens (tertiary/aromatic N) is 2. The fourth-order valence-electron chi connectivity index (χ4n) is 4.48. The van der Waals surface area contributed by atoms with Gasteiger partial charge in [-0.15, -0.1) is 0 Å². The molecule has 0 bridgehead atoms.